The van der Waals surface area contributed by atoms with Crippen LogP contribution in [0.25, 0.3) is 0 Å². The van der Waals surface area contributed by atoms with Crippen molar-refractivity contribution in [2.45, 2.75) is 351 Å². The van der Waals surface area contributed by atoms with Crippen LogP contribution in [0.5, 0.6) is 0 Å². The fraction of sp³-hybridized carbons (Fsp3) is 0.983. The molecule has 1 saturated heterocycles. The fourth-order valence-corrected chi connectivity index (χ4v) is 10.0. The molecule has 11 heteroatoms. The van der Waals surface area contributed by atoms with E-state index in [-0.39, 0.29) is 6.42 Å². The number of aliphatic hydroxyl groups is 7. The van der Waals surface area contributed by atoms with Crippen molar-refractivity contribution in [1.29, 1.82) is 0 Å². The lowest BCUT2D eigenvalue weighted by Crippen LogP contribution is -2.60. The van der Waals surface area contributed by atoms with Crippen molar-refractivity contribution in [3.05, 3.63) is 0 Å². The van der Waals surface area contributed by atoms with Crippen LogP contribution in [0.15, 0.2) is 0 Å². The zero-order chi connectivity index (χ0) is 50.4. The lowest BCUT2D eigenvalue weighted by atomic mass is 9.98. The van der Waals surface area contributed by atoms with Gasteiger partial charge < -0.3 is 50.5 Å². The van der Waals surface area contributed by atoms with Gasteiger partial charge in [0.05, 0.1) is 25.4 Å². The van der Waals surface area contributed by atoms with Crippen molar-refractivity contribution < 1.29 is 50.0 Å². The number of rotatable bonds is 52. The van der Waals surface area contributed by atoms with Crippen molar-refractivity contribution in [2.24, 2.45) is 0 Å². The minimum Gasteiger partial charge on any atom is -0.394 e. The molecule has 0 aromatic carbocycles. The van der Waals surface area contributed by atoms with Gasteiger partial charge in [-0.05, 0) is 12.8 Å². The molecule has 1 amide bonds. The molecule has 1 aliphatic rings. The number of nitrogens with one attached hydrogen (secondary N) is 1. The van der Waals surface area contributed by atoms with E-state index in [0.29, 0.717) is 19.3 Å². The van der Waals surface area contributed by atoms with Crippen molar-refractivity contribution in [2.75, 3.05) is 13.2 Å². The second kappa shape index (κ2) is 48.1. The molecule has 0 radical (unpaired) electrons. The highest BCUT2D eigenvalue weighted by Gasteiger charge is 2.44. The van der Waals surface area contributed by atoms with Crippen LogP contribution >= 0.6 is 0 Å². The highest BCUT2D eigenvalue weighted by atomic mass is 16.7. The largest absolute Gasteiger partial charge is 0.394 e. The minimum atomic E-state index is -1.66. The maximum Gasteiger partial charge on any atom is 0.249 e. The van der Waals surface area contributed by atoms with Gasteiger partial charge in [0.2, 0.25) is 5.91 Å². The number of amides is 1. The van der Waals surface area contributed by atoms with Gasteiger partial charge in [0, 0.05) is 0 Å². The summed E-state index contributed by atoms with van der Waals surface area (Å²) in [4.78, 5) is 13.2. The van der Waals surface area contributed by atoms with Gasteiger partial charge in [-0.25, -0.2) is 0 Å². The summed E-state index contributed by atoms with van der Waals surface area (Å²) in [5, 5.41) is 76.2. The fourth-order valence-electron chi connectivity index (χ4n) is 10.0. The molecule has 0 aliphatic carbocycles. The molecule has 0 aromatic heterocycles. The zero-order valence-electron chi connectivity index (χ0n) is 45.1. The Bertz CT molecular complexity index is 1090. The summed E-state index contributed by atoms with van der Waals surface area (Å²) < 4.78 is 11.2. The average molecular weight is 987 g/mol. The van der Waals surface area contributed by atoms with Gasteiger partial charge in [-0.2, -0.15) is 0 Å². The first-order valence-electron chi connectivity index (χ1n) is 29.9. The number of hydrogen-bond donors (Lipinski definition) is 8. The Morgan fingerprint density at radius 3 is 1.07 bits per heavy atom. The molecule has 9 atom stereocenters. The van der Waals surface area contributed by atoms with Gasteiger partial charge in [0.1, 0.15) is 36.6 Å². The van der Waals surface area contributed by atoms with Crippen LogP contribution in [0, 0.1) is 0 Å². The normalized spacial score (nSPS) is 20.3. The summed E-state index contributed by atoms with van der Waals surface area (Å²) in [6, 6.07) is -1.16. The molecule has 1 fully saturated rings. The first kappa shape index (κ1) is 66.1. The standard InChI is InChI=1S/C58H115NO10/c1-3-5-7-9-11-13-15-17-19-21-22-23-24-25-26-27-28-29-30-32-34-36-38-40-42-44-46-51(62)57(67)59-49(48-68-58-56(66)55(65)54(64)52(47-60)69-58)53(63)50(61)45-43-41-39-37-35-33-31-20-18-16-14-12-10-8-6-4-2/h49-56,58,60-66H,3-48H2,1-2H3,(H,59,67). The third-order valence-corrected chi connectivity index (χ3v) is 14.9. The number of hydrogen-bond acceptors (Lipinski definition) is 10. The summed E-state index contributed by atoms with van der Waals surface area (Å²) in [5.41, 5.74) is 0. The van der Waals surface area contributed by atoms with E-state index >= 15 is 0 Å². The second-order valence-electron chi connectivity index (χ2n) is 21.4. The molecular formula is C58H115NO10. The van der Waals surface area contributed by atoms with Crippen LogP contribution < -0.4 is 5.32 Å². The summed E-state index contributed by atoms with van der Waals surface area (Å²) in [5.74, 6) is -0.689. The predicted molar refractivity (Wildman–Crippen MR) is 284 cm³/mol. The van der Waals surface area contributed by atoms with E-state index in [4.69, 9.17) is 9.47 Å². The summed E-state index contributed by atoms with van der Waals surface area (Å²) >= 11 is 0. The average Bonchev–Trinajstić information content (AvgIpc) is 3.35. The number of aliphatic hydroxyl groups excluding tert-OH is 7. The lowest BCUT2D eigenvalue weighted by molar-refractivity contribution is -0.303. The molecular weight excluding hydrogens is 871 g/mol. The third kappa shape index (κ3) is 36.6. The van der Waals surface area contributed by atoms with Gasteiger partial charge in [0.25, 0.3) is 0 Å². The van der Waals surface area contributed by atoms with Crippen molar-refractivity contribution in [1.82, 2.24) is 5.32 Å². The Hall–Kier alpha value is -0.890. The summed E-state index contributed by atoms with van der Waals surface area (Å²) in [7, 11) is 0. The van der Waals surface area contributed by atoms with E-state index in [9.17, 15) is 40.5 Å². The molecule has 9 unspecified atom stereocenters. The smallest absolute Gasteiger partial charge is 0.249 e. The predicted octanol–water partition coefficient (Wildman–Crippen LogP) is 12.6. The van der Waals surface area contributed by atoms with Crippen molar-refractivity contribution in [3.63, 3.8) is 0 Å². The first-order chi connectivity index (χ1) is 33.7. The maximum atomic E-state index is 13.2. The molecule has 0 aromatic rings. The number of carbonyl (C=O) groups excluding carboxylic acids is 1. The highest BCUT2D eigenvalue weighted by molar-refractivity contribution is 5.80. The van der Waals surface area contributed by atoms with Crippen LogP contribution in [0.2, 0.25) is 0 Å². The van der Waals surface area contributed by atoms with Gasteiger partial charge in [-0.15, -0.1) is 0 Å². The summed E-state index contributed by atoms with van der Waals surface area (Å²) in [6.45, 7) is 3.50. The van der Waals surface area contributed by atoms with Crippen molar-refractivity contribution >= 4 is 5.91 Å². The van der Waals surface area contributed by atoms with E-state index in [0.717, 1.165) is 38.5 Å². The Morgan fingerprint density at radius 1 is 0.449 bits per heavy atom. The van der Waals surface area contributed by atoms with E-state index in [1.54, 1.807) is 0 Å². The topological polar surface area (TPSA) is 189 Å². The Morgan fingerprint density at radius 2 is 0.754 bits per heavy atom. The molecule has 1 rings (SSSR count). The van der Waals surface area contributed by atoms with E-state index in [2.05, 4.69) is 19.2 Å². The monoisotopic (exact) mass is 986 g/mol. The molecule has 0 saturated carbocycles. The van der Waals surface area contributed by atoms with Crippen LogP contribution in [0.4, 0.5) is 0 Å². The Kier molecular flexibility index (Phi) is 46.1. The maximum absolute atomic E-state index is 13.2. The van der Waals surface area contributed by atoms with Crippen LogP contribution in [-0.4, -0.2) is 110 Å². The third-order valence-electron chi connectivity index (χ3n) is 14.9. The van der Waals surface area contributed by atoms with Crippen LogP contribution in [0.3, 0.4) is 0 Å². The molecule has 11 nitrogen and oxygen atoms in total. The zero-order valence-corrected chi connectivity index (χ0v) is 45.1. The highest BCUT2D eigenvalue weighted by Crippen LogP contribution is 2.24. The molecule has 412 valence electrons. The molecule has 69 heavy (non-hydrogen) atoms. The van der Waals surface area contributed by atoms with Crippen LogP contribution in [0.1, 0.15) is 296 Å². The molecule has 1 heterocycles. The summed E-state index contributed by atoms with van der Waals surface area (Å²) in [6.07, 6.45) is 43.0. The van der Waals surface area contributed by atoms with E-state index in [1.807, 2.05) is 0 Å². The van der Waals surface area contributed by atoms with Gasteiger partial charge >= 0.3 is 0 Å². The quantitative estimate of drug-likeness (QED) is 0.0272. The van der Waals surface area contributed by atoms with Gasteiger partial charge in [-0.1, -0.05) is 284 Å². The minimum absolute atomic E-state index is 0.267. The Balaban J connectivity index is 2.25. The number of ether oxygens (including phenoxy) is 2. The second-order valence-corrected chi connectivity index (χ2v) is 21.4. The first-order valence-corrected chi connectivity index (χ1v) is 29.9. The lowest BCUT2D eigenvalue weighted by Gasteiger charge is -2.40. The van der Waals surface area contributed by atoms with Crippen molar-refractivity contribution in [3.8, 4) is 0 Å². The number of unbranched alkanes of at least 4 members (excludes halogenated alkanes) is 40. The molecule has 0 spiro atoms. The van der Waals surface area contributed by atoms with E-state index < -0.39 is 74.2 Å². The molecule has 8 N–H and O–H groups in total. The molecule has 0 bridgehead atoms. The van der Waals surface area contributed by atoms with E-state index in [1.165, 1.54) is 218 Å². The molecule has 1 aliphatic heterocycles. The SMILES string of the molecule is CCCCCCCCCCCCCCCCCCCCCCCCCCCCC(O)C(=O)NC(COC1OC(CO)C(O)C(O)C1O)C(O)C(O)CCCCCCCCCCCCCCCCCC. The van der Waals surface area contributed by atoms with Crippen LogP contribution in [-0.2, 0) is 14.3 Å². The Labute approximate surface area is 424 Å². The number of carbonyl (C=O) groups is 1. The van der Waals surface area contributed by atoms with Gasteiger partial charge in [-0.3, -0.25) is 4.79 Å². The van der Waals surface area contributed by atoms with Gasteiger partial charge in [0.15, 0.2) is 6.29 Å².